The molecule has 0 aliphatic heterocycles. The topological polar surface area (TPSA) is 38.9 Å². The second-order valence-corrected chi connectivity index (χ2v) is 8.53. The van der Waals surface area contributed by atoms with Crippen LogP contribution in [-0.2, 0) is 12.8 Å². The Hall–Kier alpha value is -2.68. The number of aryl methyl sites for hydroxylation is 2. The van der Waals surface area contributed by atoms with Crippen molar-refractivity contribution >= 4 is 22.1 Å². The van der Waals surface area contributed by atoms with Crippen molar-refractivity contribution in [3.63, 3.8) is 0 Å². The lowest BCUT2D eigenvalue weighted by Crippen LogP contribution is -2.10. The highest BCUT2D eigenvalue weighted by molar-refractivity contribution is 6.08. The first kappa shape index (κ1) is 17.7. The molecule has 4 rings (SSSR count). The molecule has 0 saturated heterocycles. The maximum Gasteiger partial charge on any atom is 0.227 e. The zero-order valence-corrected chi connectivity index (χ0v) is 16.8. The second kappa shape index (κ2) is 6.49. The Kier molecular flexibility index (Phi) is 4.26. The Morgan fingerprint density at radius 1 is 0.963 bits per heavy atom. The third-order valence-electron chi connectivity index (χ3n) is 4.97. The number of hydrogen-bond donors (Lipinski definition) is 0. The molecule has 0 aliphatic carbocycles. The average molecular weight is 358 g/mol. The first-order valence-corrected chi connectivity index (χ1v) is 9.63. The highest BCUT2D eigenvalue weighted by Crippen LogP contribution is 2.37. The summed E-state index contributed by atoms with van der Waals surface area (Å²) in [6, 6.07) is 12.8. The van der Waals surface area contributed by atoms with Crippen molar-refractivity contribution in [1.29, 1.82) is 0 Å². The molecule has 3 nitrogen and oxygen atoms in total. The van der Waals surface area contributed by atoms with Gasteiger partial charge in [-0.1, -0.05) is 45.9 Å². The summed E-state index contributed by atoms with van der Waals surface area (Å²) in [5.41, 5.74) is 7.26. The third-order valence-corrected chi connectivity index (χ3v) is 4.97. The Labute approximate surface area is 160 Å². The molecule has 4 aromatic rings. The van der Waals surface area contributed by atoms with Gasteiger partial charge in [0, 0.05) is 28.2 Å². The SMILES string of the molecule is CCc1ccc(-c2c(C)ccc3c2oc2nc(CC(C)(C)C)ccc23)nc1. The van der Waals surface area contributed by atoms with Crippen molar-refractivity contribution in [2.24, 2.45) is 5.41 Å². The molecule has 3 heteroatoms. The molecule has 3 aromatic heterocycles. The smallest absolute Gasteiger partial charge is 0.227 e. The van der Waals surface area contributed by atoms with Crippen molar-refractivity contribution in [2.45, 2.75) is 47.5 Å². The minimum Gasteiger partial charge on any atom is -0.437 e. The van der Waals surface area contributed by atoms with Crippen LogP contribution in [0.2, 0.25) is 0 Å². The number of fused-ring (bicyclic) bond motifs is 3. The molecule has 0 amide bonds. The van der Waals surface area contributed by atoms with Gasteiger partial charge in [-0.3, -0.25) is 4.98 Å². The van der Waals surface area contributed by atoms with E-state index < -0.39 is 0 Å². The van der Waals surface area contributed by atoms with E-state index in [-0.39, 0.29) is 5.41 Å². The lowest BCUT2D eigenvalue weighted by Gasteiger charge is -2.16. The van der Waals surface area contributed by atoms with E-state index in [2.05, 4.69) is 76.0 Å². The van der Waals surface area contributed by atoms with E-state index in [0.29, 0.717) is 5.71 Å². The van der Waals surface area contributed by atoms with Gasteiger partial charge in [-0.2, -0.15) is 0 Å². The summed E-state index contributed by atoms with van der Waals surface area (Å²) < 4.78 is 6.28. The number of hydrogen-bond acceptors (Lipinski definition) is 3. The van der Waals surface area contributed by atoms with Crippen molar-refractivity contribution in [3.05, 3.63) is 59.4 Å². The highest BCUT2D eigenvalue weighted by atomic mass is 16.3. The van der Waals surface area contributed by atoms with Gasteiger partial charge in [0.05, 0.1) is 5.69 Å². The lowest BCUT2D eigenvalue weighted by molar-refractivity contribution is 0.406. The maximum atomic E-state index is 6.28. The predicted molar refractivity (Wildman–Crippen MR) is 112 cm³/mol. The van der Waals surface area contributed by atoms with Crippen LogP contribution in [0, 0.1) is 12.3 Å². The normalized spacial score (nSPS) is 12.2. The first-order chi connectivity index (χ1) is 12.9. The van der Waals surface area contributed by atoms with Crippen molar-refractivity contribution in [2.75, 3.05) is 0 Å². The van der Waals surface area contributed by atoms with Crippen LogP contribution in [0.5, 0.6) is 0 Å². The Morgan fingerprint density at radius 2 is 1.74 bits per heavy atom. The first-order valence-electron chi connectivity index (χ1n) is 9.63. The van der Waals surface area contributed by atoms with E-state index in [1.165, 1.54) is 5.56 Å². The fourth-order valence-corrected chi connectivity index (χ4v) is 3.60. The van der Waals surface area contributed by atoms with Gasteiger partial charge in [0.25, 0.3) is 0 Å². The zero-order chi connectivity index (χ0) is 19.2. The summed E-state index contributed by atoms with van der Waals surface area (Å²) in [4.78, 5) is 9.49. The monoisotopic (exact) mass is 358 g/mol. The number of pyridine rings is 2. The molecule has 3 heterocycles. The van der Waals surface area contributed by atoms with Crippen molar-refractivity contribution < 1.29 is 4.42 Å². The molecule has 0 aliphatic rings. The molecule has 0 spiro atoms. The van der Waals surface area contributed by atoms with Crippen LogP contribution in [0.3, 0.4) is 0 Å². The maximum absolute atomic E-state index is 6.28. The molecular formula is C24H26N2O. The number of rotatable bonds is 3. The van der Waals surface area contributed by atoms with E-state index >= 15 is 0 Å². The van der Waals surface area contributed by atoms with Crippen LogP contribution in [0.4, 0.5) is 0 Å². The fourth-order valence-electron chi connectivity index (χ4n) is 3.60. The minimum absolute atomic E-state index is 0.194. The molecule has 0 radical (unpaired) electrons. The van der Waals surface area contributed by atoms with Gasteiger partial charge in [0.1, 0.15) is 5.58 Å². The van der Waals surface area contributed by atoms with Crippen LogP contribution < -0.4 is 0 Å². The Bertz CT molecular complexity index is 1120. The molecule has 0 fully saturated rings. The van der Waals surface area contributed by atoms with Crippen LogP contribution >= 0.6 is 0 Å². The van der Waals surface area contributed by atoms with Gasteiger partial charge >= 0.3 is 0 Å². The molecule has 1 aromatic carbocycles. The number of benzene rings is 1. The van der Waals surface area contributed by atoms with E-state index in [9.17, 15) is 0 Å². The van der Waals surface area contributed by atoms with Crippen LogP contribution in [0.1, 0.15) is 44.5 Å². The van der Waals surface area contributed by atoms with E-state index in [1.807, 2.05) is 6.20 Å². The molecule has 0 saturated carbocycles. The summed E-state index contributed by atoms with van der Waals surface area (Å²) >= 11 is 0. The summed E-state index contributed by atoms with van der Waals surface area (Å²) in [6.45, 7) is 10.9. The molecule has 0 bridgehead atoms. The summed E-state index contributed by atoms with van der Waals surface area (Å²) in [5, 5.41) is 2.16. The quantitative estimate of drug-likeness (QED) is 0.419. The highest BCUT2D eigenvalue weighted by Gasteiger charge is 2.18. The summed E-state index contributed by atoms with van der Waals surface area (Å²) in [5.74, 6) is 0. The van der Waals surface area contributed by atoms with Gasteiger partial charge in [0.15, 0.2) is 0 Å². The number of aromatic nitrogens is 2. The van der Waals surface area contributed by atoms with Crippen LogP contribution in [0.15, 0.2) is 47.0 Å². The zero-order valence-electron chi connectivity index (χ0n) is 16.8. The molecule has 0 atom stereocenters. The third kappa shape index (κ3) is 3.34. The van der Waals surface area contributed by atoms with Crippen LogP contribution in [-0.4, -0.2) is 9.97 Å². The molecule has 0 unspecified atom stereocenters. The molecule has 0 N–H and O–H groups in total. The van der Waals surface area contributed by atoms with E-state index in [4.69, 9.17) is 9.40 Å². The van der Waals surface area contributed by atoms with Gasteiger partial charge in [-0.15, -0.1) is 0 Å². The Morgan fingerprint density at radius 3 is 2.41 bits per heavy atom. The summed E-state index contributed by atoms with van der Waals surface area (Å²) in [6.07, 6.45) is 3.86. The van der Waals surface area contributed by atoms with Crippen molar-refractivity contribution in [1.82, 2.24) is 9.97 Å². The van der Waals surface area contributed by atoms with E-state index in [0.717, 1.165) is 51.7 Å². The second-order valence-electron chi connectivity index (χ2n) is 8.53. The van der Waals surface area contributed by atoms with Gasteiger partial charge in [-0.25, -0.2) is 4.98 Å². The standard InChI is InChI=1S/C24H26N2O/c1-6-16-8-12-20(25-14-16)21-15(2)7-10-18-19-11-9-17(13-24(3,4)5)26-23(19)27-22(18)21/h7-12,14H,6,13H2,1-5H3. The predicted octanol–water partition coefficient (Wildman–Crippen LogP) is 6.50. The molecule has 138 valence electrons. The van der Waals surface area contributed by atoms with E-state index in [1.54, 1.807) is 0 Å². The number of nitrogens with zero attached hydrogens (tertiary/aromatic N) is 2. The van der Waals surface area contributed by atoms with Gasteiger partial charge in [0.2, 0.25) is 5.71 Å². The average Bonchev–Trinajstić information content (AvgIpc) is 2.98. The fraction of sp³-hybridized carbons (Fsp3) is 0.333. The molecule has 27 heavy (non-hydrogen) atoms. The van der Waals surface area contributed by atoms with Crippen LogP contribution in [0.25, 0.3) is 33.3 Å². The lowest BCUT2D eigenvalue weighted by atomic mass is 9.90. The summed E-state index contributed by atoms with van der Waals surface area (Å²) in [7, 11) is 0. The number of furan rings is 1. The Balaban J connectivity index is 1.91. The molecular weight excluding hydrogens is 332 g/mol. The minimum atomic E-state index is 0.194. The van der Waals surface area contributed by atoms with Gasteiger partial charge < -0.3 is 4.42 Å². The van der Waals surface area contributed by atoms with Crippen molar-refractivity contribution in [3.8, 4) is 11.3 Å². The van der Waals surface area contributed by atoms with Gasteiger partial charge in [-0.05, 0) is 54.5 Å². The largest absolute Gasteiger partial charge is 0.437 e.